The van der Waals surface area contributed by atoms with Gasteiger partial charge in [0.15, 0.2) is 0 Å². The number of pyridine rings is 1. The SMILES string of the molecule is CC[C@@H](NCc1cc(Cl)c(O[C@@H]2CCc3c(-c4ccccc4F)cccc32)cc1OCc1cncc(C#N)c1)[C@@H](C)O. The van der Waals surface area contributed by atoms with Crippen LogP contribution in [-0.2, 0) is 19.6 Å². The van der Waals surface area contributed by atoms with Gasteiger partial charge in [-0.15, -0.1) is 0 Å². The highest BCUT2D eigenvalue weighted by atomic mass is 35.5. The molecule has 3 atom stereocenters. The molecule has 0 saturated heterocycles. The molecule has 0 bridgehead atoms. The molecule has 5 rings (SSSR count). The van der Waals surface area contributed by atoms with Crippen LogP contribution in [-0.4, -0.2) is 22.2 Å². The third kappa shape index (κ3) is 6.57. The highest BCUT2D eigenvalue weighted by Gasteiger charge is 2.28. The third-order valence-corrected chi connectivity index (χ3v) is 7.95. The van der Waals surface area contributed by atoms with Crippen molar-refractivity contribution in [1.29, 1.82) is 5.26 Å². The number of rotatable bonds is 11. The van der Waals surface area contributed by atoms with Crippen LogP contribution < -0.4 is 14.8 Å². The summed E-state index contributed by atoms with van der Waals surface area (Å²) < 4.78 is 27.4. The molecular weight excluding hydrogens is 553 g/mol. The predicted molar refractivity (Wildman–Crippen MR) is 161 cm³/mol. The van der Waals surface area contributed by atoms with Crippen molar-refractivity contribution in [3.8, 4) is 28.7 Å². The minimum absolute atomic E-state index is 0.0947. The van der Waals surface area contributed by atoms with Crippen LogP contribution in [0.2, 0.25) is 5.02 Å². The molecule has 216 valence electrons. The molecule has 1 aliphatic carbocycles. The highest BCUT2D eigenvalue weighted by molar-refractivity contribution is 6.32. The molecule has 0 amide bonds. The molecule has 3 aromatic carbocycles. The van der Waals surface area contributed by atoms with Crippen LogP contribution in [0.4, 0.5) is 4.39 Å². The summed E-state index contributed by atoms with van der Waals surface area (Å²) in [4.78, 5) is 4.12. The second-order valence-corrected chi connectivity index (χ2v) is 10.9. The van der Waals surface area contributed by atoms with E-state index in [1.807, 2.05) is 37.3 Å². The summed E-state index contributed by atoms with van der Waals surface area (Å²) in [6.07, 6.45) is 4.64. The van der Waals surface area contributed by atoms with Gasteiger partial charge in [0, 0.05) is 47.7 Å². The van der Waals surface area contributed by atoms with Crippen LogP contribution in [0.1, 0.15) is 60.6 Å². The van der Waals surface area contributed by atoms with Gasteiger partial charge in [0.2, 0.25) is 0 Å². The number of aromatic nitrogens is 1. The Kier molecular flexibility index (Phi) is 9.38. The van der Waals surface area contributed by atoms with Crippen LogP contribution in [0.5, 0.6) is 11.5 Å². The van der Waals surface area contributed by atoms with E-state index in [-0.39, 0.29) is 24.6 Å². The number of nitriles is 1. The maximum absolute atomic E-state index is 14.6. The van der Waals surface area contributed by atoms with Gasteiger partial charge in [-0.1, -0.05) is 54.9 Å². The predicted octanol–water partition coefficient (Wildman–Crippen LogP) is 7.31. The zero-order chi connectivity index (χ0) is 29.6. The van der Waals surface area contributed by atoms with Gasteiger partial charge in [-0.05, 0) is 61.1 Å². The van der Waals surface area contributed by atoms with Gasteiger partial charge < -0.3 is 19.9 Å². The van der Waals surface area contributed by atoms with Gasteiger partial charge in [0.05, 0.1) is 16.7 Å². The summed E-state index contributed by atoms with van der Waals surface area (Å²) in [7, 11) is 0. The van der Waals surface area contributed by atoms with Crippen molar-refractivity contribution in [2.75, 3.05) is 0 Å². The lowest BCUT2D eigenvalue weighted by molar-refractivity contribution is 0.141. The van der Waals surface area contributed by atoms with Crippen molar-refractivity contribution in [1.82, 2.24) is 10.3 Å². The van der Waals surface area contributed by atoms with Gasteiger partial charge in [-0.25, -0.2) is 4.39 Å². The fourth-order valence-corrected chi connectivity index (χ4v) is 5.68. The summed E-state index contributed by atoms with van der Waals surface area (Å²) in [5.74, 6) is 0.805. The van der Waals surface area contributed by atoms with Gasteiger partial charge in [0.1, 0.15) is 36.1 Å². The standard InChI is InChI=1S/C34H33ClFN3O3/c1-3-31(21(2)40)39-19-24-14-29(35)34(15-33(24)41-20-23-13-22(16-37)17-38-18-23)42-32-12-11-26-25(8-6-9-28(26)32)27-7-4-5-10-30(27)36/h4-10,13-15,17-18,21,31-32,39-40H,3,11-12,19-20H2,1-2H3/t21-,31-,32-/m1/s1. The summed E-state index contributed by atoms with van der Waals surface area (Å²) in [5, 5.41) is 23.2. The Bertz CT molecular complexity index is 1600. The van der Waals surface area contributed by atoms with E-state index in [4.69, 9.17) is 21.1 Å². The molecule has 2 N–H and O–H groups in total. The Hall–Kier alpha value is -3.96. The summed E-state index contributed by atoms with van der Waals surface area (Å²) in [6, 6.07) is 20.1. The zero-order valence-corrected chi connectivity index (χ0v) is 24.4. The topological polar surface area (TPSA) is 87.4 Å². The van der Waals surface area contributed by atoms with E-state index >= 15 is 0 Å². The van der Waals surface area contributed by atoms with Crippen LogP contribution in [0.3, 0.4) is 0 Å². The Morgan fingerprint density at radius 2 is 1.93 bits per heavy atom. The van der Waals surface area contributed by atoms with Gasteiger partial charge >= 0.3 is 0 Å². The molecule has 6 nitrogen and oxygen atoms in total. The van der Waals surface area contributed by atoms with Crippen molar-refractivity contribution in [2.24, 2.45) is 0 Å². The van der Waals surface area contributed by atoms with Crippen molar-refractivity contribution in [3.05, 3.63) is 112 Å². The summed E-state index contributed by atoms with van der Waals surface area (Å²) in [5.41, 5.74) is 5.58. The van der Waals surface area contributed by atoms with Crippen LogP contribution >= 0.6 is 11.6 Å². The number of aliphatic hydroxyl groups is 1. The molecule has 0 fully saturated rings. The quantitative estimate of drug-likeness (QED) is 0.192. The first-order valence-corrected chi connectivity index (χ1v) is 14.5. The number of nitrogens with one attached hydrogen (secondary N) is 1. The first kappa shape index (κ1) is 29.5. The summed E-state index contributed by atoms with van der Waals surface area (Å²) in [6.45, 7) is 4.39. The molecule has 4 aromatic rings. The second-order valence-electron chi connectivity index (χ2n) is 10.5. The molecule has 1 aliphatic rings. The fraction of sp³-hybridized carbons (Fsp3) is 0.294. The molecular formula is C34H33ClFN3O3. The van der Waals surface area contributed by atoms with E-state index in [0.717, 1.165) is 47.1 Å². The van der Waals surface area contributed by atoms with Crippen molar-refractivity contribution in [3.63, 3.8) is 0 Å². The Balaban J connectivity index is 1.43. The maximum Gasteiger partial charge on any atom is 0.142 e. The number of halogens is 2. The summed E-state index contributed by atoms with van der Waals surface area (Å²) >= 11 is 6.77. The Labute approximate surface area is 250 Å². The number of aliphatic hydroxyl groups excluding tert-OH is 1. The van der Waals surface area contributed by atoms with Crippen LogP contribution in [0.25, 0.3) is 11.1 Å². The minimum atomic E-state index is -0.520. The van der Waals surface area contributed by atoms with E-state index < -0.39 is 6.10 Å². The van der Waals surface area contributed by atoms with Crippen LogP contribution in [0.15, 0.2) is 73.1 Å². The Morgan fingerprint density at radius 1 is 1.12 bits per heavy atom. The minimum Gasteiger partial charge on any atom is -0.488 e. The van der Waals surface area contributed by atoms with Gasteiger partial charge in [-0.2, -0.15) is 5.26 Å². The first-order valence-electron chi connectivity index (χ1n) is 14.1. The number of fused-ring (bicyclic) bond motifs is 1. The molecule has 1 aromatic heterocycles. The van der Waals surface area contributed by atoms with E-state index in [9.17, 15) is 14.8 Å². The molecule has 1 heterocycles. The zero-order valence-electron chi connectivity index (χ0n) is 23.6. The normalized spacial score (nSPS) is 15.5. The van der Waals surface area contributed by atoms with E-state index in [0.29, 0.717) is 34.2 Å². The molecule has 0 spiro atoms. The molecule has 0 aliphatic heterocycles. The largest absolute Gasteiger partial charge is 0.488 e. The van der Waals surface area contributed by atoms with Crippen molar-refractivity contribution in [2.45, 2.75) is 64.5 Å². The van der Waals surface area contributed by atoms with E-state index in [2.05, 4.69) is 16.4 Å². The van der Waals surface area contributed by atoms with E-state index in [1.165, 1.54) is 12.3 Å². The molecule has 0 radical (unpaired) electrons. The number of hydrogen-bond donors (Lipinski definition) is 2. The number of ether oxygens (including phenoxy) is 2. The van der Waals surface area contributed by atoms with Gasteiger partial charge in [0.25, 0.3) is 0 Å². The maximum atomic E-state index is 14.6. The number of benzene rings is 3. The highest BCUT2D eigenvalue weighted by Crippen LogP contribution is 2.43. The fourth-order valence-electron chi connectivity index (χ4n) is 5.45. The number of hydrogen-bond acceptors (Lipinski definition) is 6. The second kappa shape index (κ2) is 13.3. The molecule has 0 saturated carbocycles. The van der Waals surface area contributed by atoms with Gasteiger partial charge in [-0.3, -0.25) is 4.98 Å². The average Bonchev–Trinajstić information content (AvgIpc) is 3.41. The molecule has 42 heavy (non-hydrogen) atoms. The van der Waals surface area contributed by atoms with E-state index in [1.54, 1.807) is 37.4 Å². The lowest BCUT2D eigenvalue weighted by Gasteiger charge is -2.22. The third-order valence-electron chi connectivity index (χ3n) is 7.66. The van der Waals surface area contributed by atoms with Crippen molar-refractivity contribution >= 4 is 11.6 Å². The first-order chi connectivity index (χ1) is 20.4. The average molecular weight is 586 g/mol. The van der Waals surface area contributed by atoms with Crippen LogP contribution in [0, 0.1) is 17.1 Å². The van der Waals surface area contributed by atoms with Crippen molar-refractivity contribution < 1.29 is 19.0 Å². The Morgan fingerprint density at radius 3 is 2.69 bits per heavy atom. The lowest BCUT2D eigenvalue weighted by Crippen LogP contribution is -2.37. The molecule has 8 heteroatoms. The molecule has 0 unspecified atom stereocenters. The number of nitrogens with zero attached hydrogens (tertiary/aromatic N) is 2. The monoisotopic (exact) mass is 585 g/mol. The smallest absolute Gasteiger partial charge is 0.142 e. The lowest BCUT2D eigenvalue weighted by atomic mass is 9.96.